The molecule has 114 valence electrons. The zero-order valence-corrected chi connectivity index (χ0v) is 12.6. The van der Waals surface area contributed by atoms with Crippen molar-refractivity contribution in [3.05, 3.63) is 29.5 Å². The minimum absolute atomic E-state index is 0.0280. The fourth-order valence-electron chi connectivity index (χ4n) is 2.03. The maximum absolute atomic E-state index is 12.4. The number of nitrogens with one attached hydrogen (secondary N) is 1. The molecule has 0 aromatic carbocycles. The first-order valence-corrected chi connectivity index (χ1v) is 7.63. The third-order valence-electron chi connectivity index (χ3n) is 2.90. The molecular weight excluding hydrogens is 298 g/mol. The smallest absolute Gasteiger partial charge is 0.340 e. The minimum atomic E-state index is -4.07. The molecule has 0 spiro atoms. The summed E-state index contributed by atoms with van der Waals surface area (Å²) in [5, 5.41) is 13.1. The lowest BCUT2D eigenvalue weighted by atomic mass is 10.2. The van der Waals surface area contributed by atoms with Crippen molar-refractivity contribution in [3.8, 4) is 0 Å². The molecule has 0 radical (unpaired) electrons. The van der Waals surface area contributed by atoms with Gasteiger partial charge in [0.05, 0.1) is 11.9 Å². The quantitative estimate of drug-likeness (QED) is 0.866. The van der Waals surface area contributed by atoms with Gasteiger partial charge >= 0.3 is 5.97 Å². The van der Waals surface area contributed by atoms with E-state index in [1.165, 1.54) is 26.2 Å². The van der Waals surface area contributed by atoms with Crippen LogP contribution in [0.4, 0.5) is 5.69 Å². The number of aromatic nitrogens is 2. The fraction of sp³-hybridized carbons (Fsp3) is 0.333. The second-order valence-corrected chi connectivity index (χ2v) is 6.03. The zero-order chi connectivity index (χ0) is 15.8. The molecule has 0 aliphatic heterocycles. The molecule has 0 fully saturated rings. The van der Waals surface area contributed by atoms with Crippen molar-refractivity contribution < 1.29 is 22.7 Å². The summed E-state index contributed by atoms with van der Waals surface area (Å²) < 4.78 is 33.8. The first-order chi connectivity index (χ1) is 9.76. The lowest BCUT2D eigenvalue weighted by molar-refractivity contribution is 0.0691. The largest absolute Gasteiger partial charge is 0.478 e. The number of carboxylic acid groups (broad SMARTS) is 1. The number of aryl methyl sites for hydroxylation is 3. The van der Waals surface area contributed by atoms with Crippen LogP contribution in [0.1, 0.15) is 28.8 Å². The number of carboxylic acids is 1. The van der Waals surface area contributed by atoms with E-state index < -0.39 is 16.0 Å². The Morgan fingerprint density at radius 2 is 2.10 bits per heavy atom. The van der Waals surface area contributed by atoms with E-state index in [-0.39, 0.29) is 27.7 Å². The van der Waals surface area contributed by atoms with Gasteiger partial charge in [-0.25, -0.2) is 13.2 Å². The van der Waals surface area contributed by atoms with Crippen LogP contribution >= 0.6 is 0 Å². The van der Waals surface area contributed by atoms with E-state index in [2.05, 4.69) is 9.82 Å². The van der Waals surface area contributed by atoms with E-state index >= 15 is 0 Å². The molecule has 0 aliphatic carbocycles. The second-order valence-electron chi connectivity index (χ2n) is 4.41. The molecule has 0 saturated heterocycles. The summed E-state index contributed by atoms with van der Waals surface area (Å²) in [4.78, 5) is 10.9. The molecule has 0 aliphatic rings. The van der Waals surface area contributed by atoms with E-state index in [4.69, 9.17) is 9.52 Å². The Morgan fingerprint density at radius 1 is 1.43 bits per heavy atom. The highest BCUT2D eigenvalue weighted by atomic mass is 32.2. The highest BCUT2D eigenvalue weighted by Gasteiger charge is 2.31. The highest BCUT2D eigenvalue weighted by Crippen LogP contribution is 2.28. The van der Waals surface area contributed by atoms with Gasteiger partial charge in [0, 0.05) is 12.7 Å². The van der Waals surface area contributed by atoms with E-state index in [1.807, 2.05) is 6.92 Å². The fourth-order valence-corrected chi connectivity index (χ4v) is 3.47. The number of nitrogens with zero attached hydrogens (tertiary/aromatic N) is 2. The molecule has 21 heavy (non-hydrogen) atoms. The number of furan rings is 1. The van der Waals surface area contributed by atoms with Crippen LogP contribution < -0.4 is 4.72 Å². The van der Waals surface area contributed by atoms with Crippen LogP contribution in [0, 0.1) is 13.8 Å². The predicted octanol–water partition coefficient (Wildman–Crippen LogP) is 1.61. The van der Waals surface area contributed by atoms with Crippen molar-refractivity contribution in [2.45, 2.75) is 32.2 Å². The van der Waals surface area contributed by atoms with Gasteiger partial charge in [0.25, 0.3) is 10.0 Å². The van der Waals surface area contributed by atoms with Gasteiger partial charge < -0.3 is 9.52 Å². The summed E-state index contributed by atoms with van der Waals surface area (Å²) in [6.07, 6.45) is 2.87. The van der Waals surface area contributed by atoms with Gasteiger partial charge in [-0.05, 0) is 20.8 Å². The molecule has 0 saturated carbocycles. The van der Waals surface area contributed by atoms with Crippen LogP contribution in [0.3, 0.4) is 0 Å². The number of hydrogen-bond acceptors (Lipinski definition) is 5. The highest BCUT2D eigenvalue weighted by molar-refractivity contribution is 7.92. The Bertz CT molecular complexity index is 788. The second kappa shape index (κ2) is 5.24. The van der Waals surface area contributed by atoms with Gasteiger partial charge in [-0.15, -0.1) is 0 Å². The summed E-state index contributed by atoms with van der Waals surface area (Å²) in [7, 11) is -4.07. The van der Waals surface area contributed by atoms with E-state index in [1.54, 1.807) is 4.68 Å². The van der Waals surface area contributed by atoms with E-state index in [9.17, 15) is 13.2 Å². The first-order valence-electron chi connectivity index (χ1n) is 6.14. The molecular formula is C12H15N3O5S. The van der Waals surface area contributed by atoms with Gasteiger partial charge in [0.1, 0.15) is 22.0 Å². The van der Waals surface area contributed by atoms with Crippen LogP contribution in [0.5, 0.6) is 0 Å². The van der Waals surface area contributed by atoms with Gasteiger partial charge in [0.15, 0.2) is 0 Å². The molecule has 8 nitrogen and oxygen atoms in total. The number of aromatic carboxylic acids is 1. The zero-order valence-electron chi connectivity index (χ0n) is 11.7. The maximum Gasteiger partial charge on any atom is 0.340 e. The Labute approximate surface area is 121 Å². The molecule has 2 rings (SSSR count). The van der Waals surface area contributed by atoms with E-state index in [0.29, 0.717) is 6.54 Å². The molecule has 0 atom stereocenters. The molecule has 2 aromatic rings. The number of hydrogen-bond donors (Lipinski definition) is 2. The Kier molecular flexibility index (Phi) is 3.77. The maximum atomic E-state index is 12.4. The number of carbonyl (C=O) groups is 1. The van der Waals surface area contributed by atoms with Crippen molar-refractivity contribution >= 4 is 21.7 Å². The lowest BCUT2D eigenvalue weighted by Crippen LogP contribution is -2.16. The molecule has 2 N–H and O–H groups in total. The predicted molar refractivity (Wildman–Crippen MR) is 73.9 cm³/mol. The lowest BCUT2D eigenvalue weighted by Gasteiger charge is -2.05. The van der Waals surface area contributed by atoms with Gasteiger partial charge in [-0.2, -0.15) is 5.10 Å². The first kappa shape index (κ1) is 15.1. The standard InChI is InChI=1S/C12H15N3O5S/c1-4-15-6-9(5-13-15)14-21(18,19)11-8(3)20-7(2)10(11)12(16)17/h5-6,14H,4H2,1-3H3,(H,16,17). The normalized spacial score (nSPS) is 11.6. The van der Waals surface area contributed by atoms with Crippen molar-refractivity contribution in [1.82, 2.24) is 9.78 Å². The van der Waals surface area contributed by atoms with Crippen LogP contribution in [0.25, 0.3) is 0 Å². The Hall–Kier alpha value is -2.29. The molecule has 0 amide bonds. The summed E-state index contributed by atoms with van der Waals surface area (Å²) in [5.41, 5.74) is -0.102. The number of anilines is 1. The van der Waals surface area contributed by atoms with Gasteiger partial charge in [-0.1, -0.05) is 0 Å². The van der Waals surface area contributed by atoms with Gasteiger partial charge in [0.2, 0.25) is 0 Å². The summed E-state index contributed by atoms with van der Waals surface area (Å²) in [6.45, 7) is 5.26. The molecule has 0 unspecified atom stereocenters. The topological polar surface area (TPSA) is 114 Å². The SMILES string of the molecule is CCn1cc(NS(=O)(=O)c2c(C)oc(C)c2C(=O)O)cn1. The number of rotatable bonds is 5. The average molecular weight is 313 g/mol. The Morgan fingerprint density at radius 3 is 2.62 bits per heavy atom. The van der Waals surface area contributed by atoms with Crippen molar-refractivity contribution in [2.75, 3.05) is 4.72 Å². The van der Waals surface area contributed by atoms with Crippen molar-refractivity contribution in [1.29, 1.82) is 0 Å². The monoisotopic (exact) mass is 313 g/mol. The third kappa shape index (κ3) is 2.77. The average Bonchev–Trinajstić information content (AvgIpc) is 2.92. The molecule has 0 bridgehead atoms. The number of sulfonamides is 1. The van der Waals surface area contributed by atoms with Crippen molar-refractivity contribution in [3.63, 3.8) is 0 Å². The minimum Gasteiger partial charge on any atom is -0.478 e. The van der Waals surface area contributed by atoms with Crippen LogP contribution in [-0.2, 0) is 16.6 Å². The van der Waals surface area contributed by atoms with Crippen LogP contribution in [0.2, 0.25) is 0 Å². The van der Waals surface area contributed by atoms with Gasteiger partial charge in [-0.3, -0.25) is 9.40 Å². The Balaban J connectivity index is 2.47. The summed E-state index contributed by atoms with van der Waals surface area (Å²) in [5.74, 6) is -1.28. The third-order valence-corrected chi connectivity index (χ3v) is 4.43. The van der Waals surface area contributed by atoms with Crippen LogP contribution in [-0.4, -0.2) is 29.3 Å². The van der Waals surface area contributed by atoms with E-state index in [0.717, 1.165) is 0 Å². The van der Waals surface area contributed by atoms with Crippen LogP contribution in [0.15, 0.2) is 21.7 Å². The molecule has 2 heterocycles. The summed E-state index contributed by atoms with van der Waals surface area (Å²) >= 11 is 0. The summed E-state index contributed by atoms with van der Waals surface area (Å²) in [6, 6.07) is 0. The molecule has 2 aromatic heterocycles. The van der Waals surface area contributed by atoms with Crippen molar-refractivity contribution in [2.24, 2.45) is 0 Å². The molecule has 9 heteroatoms.